The summed E-state index contributed by atoms with van der Waals surface area (Å²) in [5.41, 5.74) is 1.23. The first-order valence-corrected chi connectivity index (χ1v) is 8.78. The van der Waals surface area contributed by atoms with E-state index in [2.05, 4.69) is 23.9 Å². The van der Waals surface area contributed by atoms with E-state index in [1.165, 1.54) is 4.31 Å². The second kappa shape index (κ2) is 7.98. The van der Waals surface area contributed by atoms with Crippen LogP contribution in [0.3, 0.4) is 0 Å². The van der Waals surface area contributed by atoms with Crippen molar-refractivity contribution in [3.63, 3.8) is 0 Å². The first-order valence-electron chi connectivity index (χ1n) is 6.96. The summed E-state index contributed by atoms with van der Waals surface area (Å²) in [4.78, 5) is 0. The number of rotatable bonds is 8. The highest BCUT2D eigenvalue weighted by molar-refractivity contribution is 7.90. The standard InChI is InChI=1S/C14H24ClN3O2S/c1-11(2)16-9-6-10-18(4)21(19,20)17-14-8-5-7-13(15)12(14)3/h5,7-8,11,16-17H,6,9-10H2,1-4H3. The predicted molar refractivity (Wildman–Crippen MR) is 89.1 cm³/mol. The van der Waals surface area contributed by atoms with E-state index in [1.807, 2.05) is 0 Å². The Kier molecular flexibility index (Phi) is 6.93. The number of nitrogens with zero attached hydrogens (tertiary/aromatic N) is 1. The number of hydrogen-bond acceptors (Lipinski definition) is 3. The molecule has 0 unspecified atom stereocenters. The molecule has 2 N–H and O–H groups in total. The summed E-state index contributed by atoms with van der Waals surface area (Å²) in [6.45, 7) is 7.14. The minimum atomic E-state index is -3.56. The Morgan fingerprint density at radius 2 is 2.00 bits per heavy atom. The monoisotopic (exact) mass is 333 g/mol. The average Bonchev–Trinajstić information content (AvgIpc) is 2.39. The zero-order valence-corrected chi connectivity index (χ0v) is 14.6. The van der Waals surface area contributed by atoms with Gasteiger partial charge in [-0.15, -0.1) is 0 Å². The van der Waals surface area contributed by atoms with Crippen molar-refractivity contribution in [3.8, 4) is 0 Å². The highest BCUT2D eigenvalue weighted by Gasteiger charge is 2.18. The van der Waals surface area contributed by atoms with Crippen molar-refractivity contribution in [3.05, 3.63) is 28.8 Å². The van der Waals surface area contributed by atoms with Gasteiger partial charge in [0.25, 0.3) is 0 Å². The molecule has 0 spiro atoms. The molecule has 0 atom stereocenters. The van der Waals surface area contributed by atoms with Gasteiger partial charge in [-0.1, -0.05) is 31.5 Å². The van der Waals surface area contributed by atoms with Crippen molar-refractivity contribution < 1.29 is 8.42 Å². The fourth-order valence-corrected chi connectivity index (χ4v) is 2.95. The fourth-order valence-electron chi connectivity index (χ4n) is 1.75. The van der Waals surface area contributed by atoms with Crippen LogP contribution in [0.1, 0.15) is 25.8 Å². The van der Waals surface area contributed by atoms with Crippen LogP contribution in [-0.4, -0.2) is 38.9 Å². The third-order valence-electron chi connectivity index (χ3n) is 3.12. The maximum absolute atomic E-state index is 12.2. The number of hydrogen-bond donors (Lipinski definition) is 2. The molecular formula is C14H24ClN3O2S. The Labute approximate surface area is 132 Å². The molecule has 1 aromatic rings. The minimum Gasteiger partial charge on any atom is -0.314 e. The molecule has 120 valence electrons. The summed E-state index contributed by atoms with van der Waals surface area (Å²) in [5, 5.41) is 3.80. The Morgan fingerprint density at radius 3 is 2.62 bits per heavy atom. The Bertz CT molecular complexity index is 561. The topological polar surface area (TPSA) is 61.4 Å². The Morgan fingerprint density at radius 1 is 1.33 bits per heavy atom. The zero-order chi connectivity index (χ0) is 16.0. The molecule has 0 amide bonds. The van der Waals surface area contributed by atoms with Gasteiger partial charge >= 0.3 is 10.2 Å². The molecule has 0 saturated heterocycles. The molecular weight excluding hydrogens is 310 g/mol. The zero-order valence-electron chi connectivity index (χ0n) is 13.0. The van der Waals surface area contributed by atoms with E-state index in [0.29, 0.717) is 23.3 Å². The summed E-state index contributed by atoms with van der Waals surface area (Å²) < 4.78 is 28.4. The third-order valence-corrected chi connectivity index (χ3v) is 5.01. The maximum atomic E-state index is 12.2. The van der Waals surface area contributed by atoms with Crippen LogP contribution in [0.2, 0.25) is 5.02 Å². The molecule has 0 heterocycles. The molecule has 0 bridgehead atoms. The maximum Gasteiger partial charge on any atom is 0.301 e. The van der Waals surface area contributed by atoms with E-state index in [-0.39, 0.29) is 0 Å². The van der Waals surface area contributed by atoms with Gasteiger partial charge in [-0.3, -0.25) is 4.72 Å². The number of nitrogens with one attached hydrogen (secondary N) is 2. The van der Waals surface area contributed by atoms with E-state index in [4.69, 9.17) is 11.6 Å². The second-order valence-electron chi connectivity index (χ2n) is 5.30. The first kappa shape index (κ1) is 18.2. The predicted octanol–water partition coefficient (Wildman–Crippen LogP) is 2.63. The van der Waals surface area contributed by atoms with Gasteiger partial charge in [0.2, 0.25) is 0 Å². The molecule has 1 aromatic carbocycles. The number of anilines is 1. The molecule has 0 aliphatic rings. The van der Waals surface area contributed by atoms with Gasteiger partial charge in [-0.05, 0) is 37.6 Å². The summed E-state index contributed by atoms with van der Waals surface area (Å²) in [6.07, 6.45) is 0.754. The Balaban J connectivity index is 2.62. The molecule has 1 rings (SSSR count). The lowest BCUT2D eigenvalue weighted by Gasteiger charge is -2.20. The van der Waals surface area contributed by atoms with Crippen molar-refractivity contribution in [1.82, 2.24) is 9.62 Å². The van der Waals surface area contributed by atoms with Crippen LogP contribution in [0.25, 0.3) is 0 Å². The van der Waals surface area contributed by atoms with Crippen LogP contribution < -0.4 is 10.0 Å². The van der Waals surface area contributed by atoms with E-state index < -0.39 is 10.2 Å². The van der Waals surface area contributed by atoms with Crippen LogP contribution in [-0.2, 0) is 10.2 Å². The highest BCUT2D eigenvalue weighted by atomic mass is 35.5. The largest absolute Gasteiger partial charge is 0.314 e. The molecule has 0 aromatic heterocycles. The molecule has 0 saturated carbocycles. The summed E-state index contributed by atoms with van der Waals surface area (Å²) in [5.74, 6) is 0. The normalized spacial score (nSPS) is 12.1. The first-order chi connectivity index (χ1) is 9.74. The molecule has 21 heavy (non-hydrogen) atoms. The van der Waals surface area contributed by atoms with E-state index in [9.17, 15) is 8.42 Å². The van der Waals surface area contributed by atoms with Gasteiger partial charge in [0, 0.05) is 24.7 Å². The van der Waals surface area contributed by atoms with E-state index >= 15 is 0 Å². The summed E-state index contributed by atoms with van der Waals surface area (Å²) in [6, 6.07) is 5.56. The van der Waals surface area contributed by atoms with Gasteiger partial charge in [-0.2, -0.15) is 12.7 Å². The number of halogens is 1. The van der Waals surface area contributed by atoms with E-state index in [1.54, 1.807) is 32.2 Å². The van der Waals surface area contributed by atoms with Crippen molar-refractivity contribution >= 4 is 27.5 Å². The van der Waals surface area contributed by atoms with Gasteiger partial charge in [0.1, 0.15) is 0 Å². The lowest BCUT2D eigenvalue weighted by Crippen LogP contribution is -2.35. The summed E-state index contributed by atoms with van der Waals surface area (Å²) >= 11 is 6.00. The van der Waals surface area contributed by atoms with Crippen molar-refractivity contribution in [1.29, 1.82) is 0 Å². The van der Waals surface area contributed by atoms with Crippen LogP contribution in [0.5, 0.6) is 0 Å². The minimum absolute atomic E-state index is 0.402. The molecule has 0 aliphatic carbocycles. The van der Waals surface area contributed by atoms with Crippen molar-refractivity contribution in [2.24, 2.45) is 0 Å². The molecule has 0 radical (unpaired) electrons. The lowest BCUT2D eigenvalue weighted by atomic mass is 10.2. The molecule has 5 nitrogen and oxygen atoms in total. The smallest absolute Gasteiger partial charge is 0.301 e. The van der Waals surface area contributed by atoms with Crippen LogP contribution in [0.4, 0.5) is 5.69 Å². The van der Waals surface area contributed by atoms with Gasteiger partial charge < -0.3 is 5.32 Å². The van der Waals surface area contributed by atoms with Crippen LogP contribution >= 0.6 is 11.6 Å². The fraction of sp³-hybridized carbons (Fsp3) is 0.571. The van der Waals surface area contributed by atoms with Crippen molar-refractivity contribution in [2.75, 3.05) is 24.9 Å². The lowest BCUT2D eigenvalue weighted by molar-refractivity contribution is 0.451. The Hall–Kier alpha value is -0.820. The summed E-state index contributed by atoms with van der Waals surface area (Å²) in [7, 11) is -1.99. The average molecular weight is 334 g/mol. The SMILES string of the molecule is Cc1c(Cl)cccc1NS(=O)(=O)N(C)CCCNC(C)C. The van der Waals surface area contributed by atoms with Gasteiger partial charge in [0.15, 0.2) is 0 Å². The van der Waals surface area contributed by atoms with E-state index in [0.717, 1.165) is 18.5 Å². The molecule has 0 aliphatic heterocycles. The van der Waals surface area contributed by atoms with Crippen molar-refractivity contribution in [2.45, 2.75) is 33.2 Å². The molecule has 7 heteroatoms. The quantitative estimate of drug-likeness (QED) is 0.719. The van der Waals surface area contributed by atoms with Gasteiger partial charge in [0.05, 0.1) is 5.69 Å². The van der Waals surface area contributed by atoms with Crippen LogP contribution in [0, 0.1) is 6.92 Å². The van der Waals surface area contributed by atoms with Crippen LogP contribution in [0.15, 0.2) is 18.2 Å². The van der Waals surface area contributed by atoms with Gasteiger partial charge in [-0.25, -0.2) is 0 Å². The number of benzene rings is 1. The molecule has 0 fully saturated rings. The highest BCUT2D eigenvalue weighted by Crippen LogP contribution is 2.24. The third kappa shape index (κ3) is 5.82. The second-order valence-corrected chi connectivity index (χ2v) is 7.49.